The Morgan fingerprint density at radius 2 is 1.53 bits per heavy atom. The lowest BCUT2D eigenvalue weighted by molar-refractivity contribution is -0.141. The van der Waals surface area contributed by atoms with Crippen LogP contribution < -0.4 is 10.6 Å². The Morgan fingerprint density at radius 1 is 0.860 bits per heavy atom. The highest BCUT2D eigenvalue weighted by molar-refractivity contribution is 8.02. The first-order valence-electron chi connectivity index (χ1n) is 14.8. The highest BCUT2D eigenvalue weighted by Gasteiger charge is 2.74. The molecule has 4 aromatic carbocycles. The highest BCUT2D eigenvalue weighted by atomic mass is 32.2. The molecule has 3 amide bonds. The Balaban J connectivity index is 1.25. The van der Waals surface area contributed by atoms with Gasteiger partial charge in [-0.15, -0.1) is 11.8 Å². The number of hydrogen-bond donors (Lipinski definition) is 3. The molecule has 3 aliphatic rings. The number of carbonyl (C=O) groups is 3. The van der Waals surface area contributed by atoms with Crippen LogP contribution in [0.25, 0.3) is 10.8 Å². The molecule has 6 atom stereocenters. The Bertz CT molecular complexity index is 1680. The summed E-state index contributed by atoms with van der Waals surface area (Å²) in [5.74, 6) is -1.92. The van der Waals surface area contributed by atoms with Gasteiger partial charge in [-0.3, -0.25) is 14.4 Å². The lowest BCUT2D eigenvalue weighted by Crippen LogP contribution is -2.55. The predicted molar refractivity (Wildman–Crippen MR) is 170 cm³/mol. The third-order valence-electron chi connectivity index (χ3n) is 9.27. The van der Waals surface area contributed by atoms with Crippen LogP contribution in [0.2, 0.25) is 0 Å². The van der Waals surface area contributed by atoms with E-state index in [0.717, 1.165) is 22.8 Å². The number of aliphatic hydroxyl groups is 1. The zero-order valence-corrected chi connectivity index (χ0v) is 24.4. The van der Waals surface area contributed by atoms with Gasteiger partial charge in [0.25, 0.3) is 0 Å². The first-order valence-corrected chi connectivity index (χ1v) is 15.7. The lowest BCUT2D eigenvalue weighted by atomic mass is 9.70. The molecule has 3 aliphatic heterocycles. The fourth-order valence-electron chi connectivity index (χ4n) is 7.45. The molecule has 3 heterocycles. The van der Waals surface area contributed by atoms with Crippen LogP contribution >= 0.6 is 11.8 Å². The number of nitrogens with zero attached hydrogens (tertiary/aromatic N) is 1. The molecule has 3 N–H and O–H groups in total. The number of fused-ring (bicyclic) bond motifs is 2. The van der Waals surface area contributed by atoms with Gasteiger partial charge in [-0.05, 0) is 59.9 Å². The van der Waals surface area contributed by atoms with E-state index in [4.69, 9.17) is 0 Å². The van der Waals surface area contributed by atoms with Crippen LogP contribution in [-0.2, 0) is 20.8 Å². The molecule has 4 aromatic rings. The largest absolute Gasteiger partial charge is 0.394 e. The number of carbonyl (C=O) groups excluding carboxylic acids is 3. The minimum absolute atomic E-state index is 0.0579. The average molecular weight is 592 g/mol. The molecule has 3 fully saturated rings. The molecule has 7 nitrogen and oxygen atoms in total. The van der Waals surface area contributed by atoms with Crippen LogP contribution in [0.5, 0.6) is 0 Å². The van der Waals surface area contributed by atoms with E-state index in [-0.39, 0.29) is 29.6 Å². The Hall–Kier alpha value is -4.14. The van der Waals surface area contributed by atoms with E-state index in [9.17, 15) is 19.5 Å². The molecule has 3 saturated heterocycles. The number of rotatable bonds is 8. The van der Waals surface area contributed by atoms with Crippen LogP contribution in [0.3, 0.4) is 0 Å². The summed E-state index contributed by atoms with van der Waals surface area (Å²) < 4.78 is -0.758. The number of amides is 3. The molecule has 0 radical (unpaired) electrons. The second-order valence-electron chi connectivity index (χ2n) is 11.7. The van der Waals surface area contributed by atoms with Crippen molar-refractivity contribution in [1.29, 1.82) is 0 Å². The fraction of sp³-hybridized carbons (Fsp3) is 0.286. The van der Waals surface area contributed by atoms with Crippen molar-refractivity contribution in [3.8, 4) is 0 Å². The molecule has 0 aliphatic carbocycles. The molecule has 7 rings (SSSR count). The zero-order chi connectivity index (χ0) is 29.6. The van der Waals surface area contributed by atoms with Gasteiger partial charge in [-0.2, -0.15) is 0 Å². The number of hydrogen-bond acceptors (Lipinski definition) is 5. The number of aliphatic hydroxyl groups excluding tert-OH is 1. The molecule has 8 heteroatoms. The SMILES string of the molecule is O=C(Nc1ccc2ccccc2c1)C1N([C@@H](CO)Cc2ccccc2)C(=O)[C@@H]2[C@H](C(=O)Nc3ccccc3)[C@@H]3CCC12S3. The van der Waals surface area contributed by atoms with Gasteiger partial charge in [0.2, 0.25) is 17.7 Å². The summed E-state index contributed by atoms with van der Waals surface area (Å²) in [4.78, 5) is 44.3. The monoisotopic (exact) mass is 591 g/mol. The van der Waals surface area contributed by atoms with Crippen LogP contribution in [-0.4, -0.2) is 56.4 Å². The van der Waals surface area contributed by atoms with E-state index in [2.05, 4.69) is 10.6 Å². The van der Waals surface area contributed by atoms with E-state index in [1.54, 1.807) is 16.7 Å². The quantitative estimate of drug-likeness (QED) is 0.265. The minimum atomic E-state index is -0.832. The number of anilines is 2. The number of thioether (sulfide) groups is 1. The van der Waals surface area contributed by atoms with Gasteiger partial charge in [0, 0.05) is 16.6 Å². The Kier molecular flexibility index (Phi) is 7.19. The first kappa shape index (κ1) is 27.7. The molecule has 43 heavy (non-hydrogen) atoms. The molecular weight excluding hydrogens is 558 g/mol. The van der Waals surface area contributed by atoms with Crippen LogP contribution in [0.4, 0.5) is 11.4 Å². The molecule has 1 spiro atoms. The highest BCUT2D eigenvalue weighted by Crippen LogP contribution is 2.66. The summed E-state index contributed by atoms with van der Waals surface area (Å²) in [6, 6.07) is 31.2. The summed E-state index contributed by atoms with van der Waals surface area (Å²) >= 11 is 1.62. The first-order chi connectivity index (χ1) is 21.0. The maximum absolute atomic E-state index is 14.5. The van der Waals surface area contributed by atoms with Gasteiger partial charge in [-0.25, -0.2) is 0 Å². The normalized spacial score (nSPS) is 26.3. The van der Waals surface area contributed by atoms with Crippen molar-refractivity contribution >= 4 is 51.6 Å². The summed E-state index contributed by atoms with van der Waals surface area (Å²) in [5, 5.41) is 18.8. The standard InChI is InChI=1S/C35H33N3O4S/c39-21-27(19-22-9-3-1-4-10-22)38-31(33(41)37-26-16-15-23-11-7-8-12-24(23)20-26)35-18-17-28(43-35)29(30(35)34(38)42)32(40)36-25-13-5-2-6-14-25/h1-16,20,27-31,39H,17-19,21H2,(H,36,40)(H,37,41)/t27-,28+,29-,30+,31?,35?/m1/s1. The molecule has 218 valence electrons. The average Bonchev–Trinajstić information content (AvgIpc) is 3.68. The summed E-state index contributed by atoms with van der Waals surface area (Å²) in [6.45, 7) is -0.293. The van der Waals surface area contributed by atoms with Crippen molar-refractivity contribution in [3.63, 3.8) is 0 Å². The minimum Gasteiger partial charge on any atom is -0.394 e. The van der Waals surface area contributed by atoms with Crippen molar-refractivity contribution in [2.45, 2.75) is 41.3 Å². The van der Waals surface area contributed by atoms with E-state index in [1.165, 1.54) is 0 Å². The predicted octanol–water partition coefficient (Wildman–Crippen LogP) is 5.11. The van der Waals surface area contributed by atoms with E-state index < -0.39 is 28.7 Å². The van der Waals surface area contributed by atoms with Gasteiger partial charge in [0.1, 0.15) is 6.04 Å². The summed E-state index contributed by atoms with van der Waals surface area (Å²) in [7, 11) is 0. The van der Waals surface area contributed by atoms with Gasteiger partial charge in [0.15, 0.2) is 0 Å². The topological polar surface area (TPSA) is 98.7 Å². The van der Waals surface area contributed by atoms with Gasteiger partial charge in [0.05, 0.1) is 29.2 Å². The van der Waals surface area contributed by atoms with Crippen molar-refractivity contribution in [2.24, 2.45) is 11.8 Å². The second-order valence-corrected chi connectivity index (χ2v) is 13.3. The Labute approximate surface area is 254 Å². The van der Waals surface area contributed by atoms with Crippen molar-refractivity contribution in [3.05, 3.63) is 109 Å². The van der Waals surface area contributed by atoms with Gasteiger partial charge < -0.3 is 20.6 Å². The third kappa shape index (κ3) is 4.79. The molecular formula is C35H33N3O4S. The summed E-state index contributed by atoms with van der Waals surface area (Å²) in [6.07, 6.45) is 1.81. The van der Waals surface area contributed by atoms with E-state index >= 15 is 0 Å². The number of benzene rings is 4. The van der Waals surface area contributed by atoms with Crippen molar-refractivity contribution in [1.82, 2.24) is 4.90 Å². The van der Waals surface area contributed by atoms with Gasteiger partial charge >= 0.3 is 0 Å². The molecule has 2 unspecified atom stereocenters. The third-order valence-corrected chi connectivity index (χ3v) is 11.2. The number of likely N-dealkylation sites (tertiary alicyclic amines) is 1. The van der Waals surface area contributed by atoms with Gasteiger partial charge in [-0.1, -0.05) is 78.9 Å². The van der Waals surface area contributed by atoms with Crippen LogP contribution in [0.15, 0.2) is 103 Å². The van der Waals surface area contributed by atoms with Crippen molar-refractivity contribution < 1.29 is 19.5 Å². The fourth-order valence-corrected chi connectivity index (χ4v) is 9.65. The lowest BCUT2D eigenvalue weighted by Gasteiger charge is -2.37. The molecule has 2 bridgehead atoms. The van der Waals surface area contributed by atoms with E-state index in [1.807, 2.05) is 103 Å². The molecule has 0 aromatic heterocycles. The number of para-hydroxylation sites is 1. The van der Waals surface area contributed by atoms with E-state index in [0.29, 0.717) is 24.2 Å². The van der Waals surface area contributed by atoms with Crippen LogP contribution in [0.1, 0.15) is 18.4 Å². The van der Waals surface area contributed by atoms with Crippen LogP contribution in [0, 0.1) is 11.8 Å². The Morgan fingerprint density at radius 3 is 2.28 bits per heavy atom. The maximum Gasteiger partial charge on any atom is 0.248 e. The smallest absolute Gasteiger partial charge is 0.248 e. The van der Waals surface area contributed by atoms with Crippen molar-refractivity contribution in [2.75, 3.05) is 17.2 Å². The number of nitrogens with one attached hydrogen (secondary N) is 2. The summed E-state index contributed by atoms with van der Waals surface area (Å²) in [5.41, 5.74) is 2.29. The molecule has 0 saturated carbocycles. The zero-order valence-electron chi connectivity index (χ0n) is 23.6. The second kappa shape index (κ2) is 11.2. The maximum atomic E-state index is 14.5.